The van der Waals surface area contributed by atoms with E-state index < -0.39 is 0 Å². The number of nitrogens with zero attached hydrogens (tertiary/aromatic N) is 1. The second kappa shape index (κ2) is 7.96. The van der Waals surface area contributed by atoms with Crippen LogP contribution in [-0.4, -0.2) is 4.90 Å². The molecule has 23 heavy (non-hydrogen) atoms. The fourth-order valence-electron chi connectivity index (χ4n) is 2.70. The Morgan fingerprint density at radius 2 is 0.913 bits per heavy atom. The Morgan fingerprint density at radius 3 is 1.35 bits per heavy atom. The van der Waals surface area contributed by atoms with Gasteiger partial charge < -0.3 is 0 Å². The fraction of sp³-hybridized carbons (Fsp3) is 0.143. The maximum atomic E-state index is 5.99. The van der Waals surface area contributed by atoms with E-state index in [0.29, 0.717) is 0 Å². The summed E-state index contributed by atoms with van der Waals surface area (Å²) in [6, 6.07) is 29.3. The summed E-state index contributed by atoms with van der Waals surface area (Å²) in [5, 5.41) is 0.784. The van der Waals surface area contributed by atoms with Gasteiger partial charge in [-0.3, -0.25) is 4.90 Å². The van der Waals surface area contributed by atoms with Gasteiger partial charge in [-0.1, -0.05) is 84.4 Å². The molecular weight excluding hydrogens is 302 g/mol. The molecule has 0 saturated carbocycles. The third-order valence-corrected chi connectivity index (χ3v) is 4.07. The highest BCUT2D eigenvalue weighted by atomic mass is 35.5. The largest absolute Gasteiger partial charge is 0.291 e. The van der Waals surface area contributed by atoms with Crippen LogP contribution in [0, 0.1) is 0 Å². The predicted molar refractivity (Wildman–Crippen MR) is 97.3 cm³/mol. The van der Waals surface area contributed by atoms with E-state index in [4.69, 9.17) is 11.6 Å². The third-order valence-electron chi connectivity index (χ3n) is 3.82. The normalized spacial score (nSPS) is 10.9. The molecular formula is C21H20ClN. The minimum Gasteiger partial charge on any atom is -0.291 e. The van der Waals surface area contributed by atoms with Crippen molar-refractivity contribution in [2.24, 2.45) is 0 Å². The molecule has 0 fully saturated rings. The molecule has 0 N–H and O–H groups in total. The van der Waals surface area contributed by atoms with E-state index >= 15 is 0 Å². The van der Waals surface area contributed by atoms with Gasteiger partial charge in [0.1, 0.15) is 0 Å². The number of benzene rings is 3. The summed E-state index contributed by atoms with van der Waals surface area (Å²) in [6.07, 6.45) is 0. The Labute approximate surface area is 143 Å². The van der Waals surface area contributed by atoms with E-state index in [2.05, 4.69) is 77.7 Å². The summed E-state index contributed by atoms with van der Waals surface area (Å²) in [4.78, 5) is 2.45. The van der Waals surface area contributed by atoms with Gasteiger partial charge in [-0.05, 0) is 28.8 Å². The molecule has 0 aliphatic carbocycles. The maximum absolute atomic E-state index is 5.99. The lowest BCUT2D eigenvalue weighted by atomic mass is 10.1. The summed E-state index contributed by atoms with van der Waals surface area (Å²) in [6.45, 7) is 2.76. The van der Waals surface area contributed by atoms with E-state index in [1.54, 1.807) is 0 Å². The summed E-state index contributed by atoms with van der Waals surface area (Å²) in [5.74, 6) is 0. The van der Waals surface area contributed by atoms with E-state index in [1.165, 1.54) is 16.7 Å². The van der Waals surface area contributed by atoms with Gasteiger partial charge in [0.2, 0.25) is 0 Å². The molecule has 3 aromatic rings. The molecule has 0 radical (unpaired) electrons. The highest BCUT2D eigenvalue weighted by Gasteiger charge is 2.08. The predicted octanol–water partition coefficient (Wildman–Crippen LogP) is 5.54. The van der Waals surface area contributed by atoms with Crippen LogP contribution < -0.4 is 0 Å². The average Bonchev–Trinajstić information content (AvgIpc) is 2.59. The first-order chi connectivity index (χ1) is 11.3. The average molecular weight is 322 g/mol. The summed E-state index contributed by atoms with van der Waals surface area (Å²) in [5.41, 5.74) is 3.94. The quantitative estimate of drug-likeness (QED) is 0.576. The van der Waals surface area contributed by atoms with E-state index in [0.717, 1.165) is 24.7 Å². The number of hydrogen-bond donors (Lipinski definition) is 0. The zero-order chi connectivity index (χ0) is 15.9. The molecule has 0 amide bonds. The molecule has 0 aliphatic heterocycles. The lowest BCUT2D eigenvalue weighted by Crippen LogP contribution is -2.22. The van der Waals surface area contributed by atoms with Gasteiger partial charge in [-0.15, -0.1) is 0 Å². The van der Waals surface area contributed by atoms with Gasteiger partial charge in [-0.25, -0.2) is 0 Å². The minimum absolute atomic E-state index is 0.784. The molecule has 0 aromatic heterocycles. The van der Waals surface area contributed by atoms with Crippen LogP contribution in [0.25, 0.3) is 0 Å². The van der Waals surface area contributed by atoms with E-state index in [1.807, 2.05) is 12.1 Å². The Kier molecular flexibility index (Phi) is 5.46. The minimum atomic E-state index is 0.784. The highest BCUT2D eigenvalue weighted by molar-refractivity contribution is 6.30. The summed E-state index contributed by atoms with van der Waals surface area (Å²) >= 11 is 5.99. The molecule has 0 bridgehead atoms. The standard InChI is InChI=1S/C21H20ClN/c22-21-13-11-20(12-14-21)17-23(15-18-7-3-1-4-8-18)16-19-9-5-2-6-10-19/h1-14H,15-17H2. The van der Waals surface area contributed by atoms with Crippen molar-refractivity contribution in [1.82, 2.24) is 4.90 Å². The zero-order valence-corrected chi connectivity index (χ0v) is 13.8. The van der Waals surface area contributed by atoms with Gasteiger partial charge in [-0.2, -0.15) is 0 Å². The van der Waals surface area contributed by atoms with Gasteiger partial charge >= 0.3 is 0 Å². The van der Waals surface area contributed by atoms with Crippen molar-refractivity contribution >= 4 is 11.6 Å². The lowest BCUT2D eigenvalue weighted by Gasteiger charge is -2.23. The van der Waals surface area contributed by atoms with Crippen LogP contribution in [0.4, 0.5) is 0 Å². The molecule has 2 heteroatoms. The van der Waals surface area contributed by atoms with Crippen LogP contribution in [0.15, 0.2) is 84.9 Å². The molecule has 0 unspecified atom stereocenters. The first kappa shape index (κ1) is 15.8. The third kappa shape index (κ3) is 4.95. The van der Waals surface area contributed by atoms with Crippen molar-refractivity contribution in [2.45, 2.75) is 19.6 Å². The number of halogens is 1. The van der Waals surface area contributed by atoms with Gasteiger partial charge in [0, 0.05) is 24.7 Å². The second-order valence-corrected chi connectivity index (χ2v) is 6.18. The van der Waals surface area contributed by atoms with Crippen molar-refractivity contribution < 1.29 is 0 Å². The molecule has 1 nitrogen and oxygen atoms in total. The molecule has 0 aliphatic rings. The van der Waals surface area contributed by atoms with Crippen LogP contribution in [0.3, 0.4) is 0 Å². The first-order valence-corrected chi connectivity index (χ1v) is 8.22. The maximum Gasteiger partial charge on any atom is 0.0406 e. The van der Waals surface area contributed by atoms with E-state index in [-0.39, 0.29) is 0 Å². The first-order valence-electron chi connectivity index (χ1n) is 7.84. The Bertz CT molecular complexity index is 666. The molecule has 3 rings (SSSR count). The number of rotatable bonds is 6. The van der Waals surface area contributed by atoms with E-state index in [9.17, 15) is 0 Å². The highest BCUT2D eigenvalue weighted by Crippen LogP contribution is 2.16. The Balaban J connectivity index is 1.76. The van der Waals surface area contributed by atoms with Gasteiger partial charge in [0.15, 0.2) is 0 Å². The van der Waals surface area contributed by atoms with Crippen LogP contribution in [-0.2, 0) is 19.6 Å². The fourth-order valence-corrected chi connectivity index (χ4v) is 2.82. The van der Waals surface area contributed by atoms with Gasteiger partial charge in [0.25, 0.3) is 0 Å². The molecule has 116 valence electrons. The Morgan fingerprint density at radius 1 is 0.522 bits per heavy atom. The molecule has 0 spiro atoms. The lowest BCUT2D eigenvalue weighted by molar-refractivity contribution is 0.247. The van der Waals surface area contributed by atoms with Crippen molar-refractivity contribution in [3.05, 3.63) is 107 Å². The van der Waals surface area contributed by atoms with Crippen molar-refractivity contribution in [2.75, 3.05) is 0 Å². The van der Waals surface area contributed by atoms with Crippen LogP contribution in [0.2, 0.25) is 5.02 Å². The topological polar surface area (TPSA) is 3.24 Å². The zero-order valence-electron chi connectivity index (χ0n) is 13.0. The molecule has 0 heterocycles. The van der Waals surface area contributed by atoms with Crippen LogP contribution in [0.5, 0.6) is 0 Å². The molecule has 0 saturated heterocycles. The SMILES string of the molecule is Clc1ccc(CN(Cc2ccccc2)Cc2ccccc2)cc1. The van der Waals surface area contributed by atoms with Gasteiger partial charge in [0.05, 0.1) is 0 Å². The van der Waals surface area contributed by atoms with Crippen LogP contribution in [0.1, 0.15) is 16.7 Å². The summed E-state index contributed by atoms with van der Waals surface area (Å²) in [7, 11) is 0. The monoisotopic (exact) mass is 321 g/mol. The second-order valence-electron chi connectivity index (χ2n) is 5.74. The smallest absolute Gasteiger partial charge is 0.0406 e. The number of hydrogen-bond acceptors (Lipinski definition) is 1. The van der Waals surface area contributed by atoms with Crippen molar-refractivity contribution in [3.8, 4) is 0 Å². The van der Waals surface area contributed by atoms with Crippen molar-refractivity contribution in [3.63, 3.8) is 0 Å². The molecule has 3 aromatic carbocycles. The molecule has 0 atom stereocenters. The Hall–Kier alpha value is -2.09. The van der Waals surface area contributed by atoms with Crippen LogP contribution >= 0.6 is 11.6 Å². The van der Waals surface area contributed by atoms with Crippen molar-refractivity contribution in [1.29, 1.82) is 0 Å². The summed E-state index contributed by atoms with van der Waals surface area (Å²) < 4.78 is 0.